The van der Waals surface area contributed by atoms with Gasteiger partial charge in [0.1, 0.15) is 6.04 Å². The number of nitrogens with one attached hydrogen (secondary N) is 3. The molecule has 2 heterocycles. The van der Waals surface area contributed by atoms with Gasteiger partial charge in [0, 0.05) is 64.2 Å². The van der Waals surface area contributed by atoms with E-state index >= 15 is 0 Å². The minimum absolute atomic E-state index is 0.00829. The average molecular weight is 494 g/mol. The summed E-state index contributed by atoms with van der Waals surface area (Å²) in [6.07, 6.45) is 1.29. The summed E-state index contributed by atoms with van der Waals surface area (Å²) >= 11 is 0. The van der Waals surface area contributed by atoms with Crippen LogP contribution in [0.3, 0.4) is 0 Å². The fourth-order valence-corrected chi connectivity index (χ4v) is 4.08. The Labute approximate surface area is 204 Å². The molecule has 0 aliphatic carbocycles. The van der Waals surface area contributed by atoms with Crippen LogP contribution in [0.1, 0.15) is 59.3 Å². The van der Waals surface area contributed by atoms with Gasteiger partial charge in [0.2, 0.25) is 41.4 Å². The predicted molar refractivity (Wildman–Crippen MR) is 123 cm³/mol. The summed E-state index contributed by atoms with van der Waals surface area (Å²) in [5, 5.41) is 7.88. The smallest absolute Gasteiger partial charge is 0.242 e. The molecular weight excluding hydrogens is 458 g/mol. The number of nitrogens with zero attached hydrogens (tertiary/aromatic N) is 2. The molecule has 2 saturated heterocycles. The predicted octanol–water partition coefficient (Wildman–Crippen LogP) is -0.926. The summed E-state index contributed by atoms with van der Waals surface area (Å²) in [6, 6.07) is -0.908. The summed E-state index contributed by atoms with van der Waals surface area (Å²) in [7, 11) is 0. The Morgan fingerprint density at radius 1 is 0.857 bits per heavy atom. The Morgan fingerprint density at radius 3 is 1.77 bits per heavy atom. The van der Waals surface area contributed by atoms with Gasteiger partial charge in [-0.05, 0) is 19.3 Å². The normalized spacial score (nSPS) is 20.9. The van der Waals surface area contributed by atoms with Crippen LogP contribution in [-0.4, -0.2) is 83.4 Å². The van der Waals surface area contributed by atoms with Gasteiger partial charge in [-0.3, -0.25) is 43.4 Å². The van der Waals surface area contributed by atoms with E-state index in [1.54, 1.807) is 13.8 Å². The molecule has 12 nitrogen and oxygen atoms in total. The standard InChI is InChI=1S/C23H35N5O7/c1-14-12-19(31)27(22(14)34)10-4-8-24-18(30)7-6-17(26-16(3)29)21(33)25-9-5-11-28-20(32)13-15(2)23(28)35/h14-15,17H,4-13H2,1-3H3,(H,24,30)(H,25,33)(H,26,29)/t14-,15-,17?/m1/s1. The van der Waals surface area contributed by atoms with Crippen molar-refractivity contribution in [3.63, 3.8) is 0 Å². The van der Waals surface area contributed by atoms with Gasteiger partial charge in [-0.25, -0.2) is 0 Å². The molecule has 0 aromatic carbocycles. The van der Waals surface area contributed by atoms with E-state index in [9.17, 15) is 33.6 Å². The lowest BCUT2D eigenvalue weighted by molar-refractivity contribution is -0.140. The van der Waals surface area contributed by atoms with Crippen LogP contribution in [0, 0.1) is 11.8 Å². The van der Waals surface area contributed by atoms with E-state index in [0.717, 1.165) is 0 Å². The Bertz CT molecular complexity index is 874. The van der Waals surface area contributed by atoms with Crippen LogP contribution in [0.25, 0.3) is 0 Å². The van der Waals surface area contributed by atoms with Crippen LogP contribution in [0.15, 0.2) is 0 Å². The van der Waals surface area contributed by atoms with Crippen molar-refractivity contribution in [1.82, 2.24) is 25.8 Å². The number of carbonyl (C=O) groups is 7. The summed E-state index contributed by atoms with van der Waals surface area (Å²) in [4.78, 5) is 85.9. The lowest BCUT2D eigenvalue weighted by atomic mass is 10.1. The number of likely N-dealkylation sites (tertiary alicyclic amines) is 2. The largest absolute Gasteiger partial charge is 0.356 e. The number of rotatable bonds is 13. The second-order valence-electron chi connectivity index (χ2n) is 9.12. The molecule has 194 valence electrons. The molecule has 2 aliphatic heterocycles. The van der Waals surface area contributed by atoms with Crippen molar-refractivity contribution in [2.75, 3.05) is 26.2 Å². The second-order valence-corrected chi connectivity index (χ2v) is 9.12. The molecule has 0 radical (unpaired) electrons. The van der Waals surface area contributed by atoms with Gasteiger partial charge in [0.25, 0.3) is 0 Å². The first-order valence-corrected chi connectivity index (χ1v) is 12.0. The van der Waals surface area contributed by atoms with Crippen molar-refractivity contribution in [2.45, 2.75) is 65.3 Å². The van der Waals surface area contributed by atoms with Crippen molar-refractivity contribution in [3.05, 3.63) is 0 Å². The maximum atomic E-state index is 12.5. The van der Waals surface area contributed by atoms with Gasteiger partial charge in [0.05, 0.1) is 0 Å². The zero-order chi connectivity index (χ0) is 26.1. The van der Waals surface area contributed by atoms with Crippen molar-refractivity contribution < 1.29 is 33.6 Å². The molecule has 0 bridgehead atoms. The highest BCUT2D eigenvalue weighted by Gasteiger charge is 2.35. The molecule has 0 aromatic heterocycles. The van der Waals surface area contributed by atoms with E-state index in [-0.39, 0.29) is 93.2 Å². The summed E-state index contributed by atoms with van der Waals surface area (Å²) < 4.78 is 0. The van der Waals surface area contributed by atoms with Crippen molar-refractivity contribution in [3.8, 4) is 0 Å². The van der Waals surface area contributed by atoms with Crippen LogP contribution in [0.4, 0.5) is 0 Å². The second kappa shape index (κ2) is 13.0. The van der Waals surface area contributed by atoms with Crippen molar-refractivity contribution in [1.29, 1.82) is 0 Å². The minimum atomic E-state index is -0.908. The number of amides is 7. The van der Waals surface area contributed by atoms with Crippen LogP contribution >= 0.6 is 0 Å². The van der Waals surface area contributed by atoms with Crippen LogP contribution in [0.2, 0.25) is 0 Å². The molecule has 3 atom stereocenters. The Morgan fingerprint density at radius 2 is 1.34 bits per heavy atom. The number of hydrogen-bond acceptors (Lipinski definition) is 7. The molecule has 0 saturated carbocycles. The third-order valence-corrected chi connectivity index (χ3v) is 6.03. The highest BCUT2D eigenvalue weighted by atomic mass is 16.2. The minimum Gasteiger partial charge on any atom is -0.356 e. The first-order chi connectivity index (χ1) is 16.5. The number of imide groups is 2. The molecule has 1 unspecified atom stereocenters. The topological polar surface area (TPSA) is 162 Å². The van der Waals surface area contributed by atoms with E-state index < -0.39 is 17.9 Å². The van der Waals surface area contributed by atoms with E-state index in [4.69, 9.17) is 0 Å². The zero-order valence-electron chi connectivity index (χ0n) is 20.6. The van der Waals surface area contributed by atoms with Gasteiger partial charge in [0.15, 0.2) is 0 Å². The van der Waals surface area contributed by atoms with Gasteiger partial charge < -0.3 is 16.0 Å². The van der Waals surface area contributed by atoms with Gasteiger partial charge in [-0.15, -0.1) is 0 Å². The third-order valence-electron chi connectivity index (χ3n) is 6.03. The summed E-state index contributed by atoms with van der Waals surface area (Å²) in [6.45, 7) is 5.61. The van der Waals surface area contributed by atoms with Crippen LogP contribution in [-0.2, 0) is 33.6 Å². The third kappa shape index (κ3) is 8.15. The molecule has 0 spiro atoms. The zero-order valence-corrected chi connectivity index (χ0v) is 20.6. The van der Waals surface area contributed by atoms with Gasteiger partial charge in [-0.1, -0.05) is 13.8 Å². The fourth-order valence-electron chi connectivity index (χ4n) is 4.08. The Kier molecular flexibility index (Phi) is 10.3. The summed E-state index contributed by atoms with van der Waals surface area (Å²) in [5.74, 6) is -2.64. The fraction of sp³-hybridized carbons (Fsp3) is 0.696. The van der Waals surface area contributed by atoms with Crippen molar-refractivity contribution >= 4 is 41.4 Å². The molecule has 12 heteroatoms. The van der Waals surface area contributed by atoms with E-state index in [1.165, 1.54) is 16.7 Å². The monoisotopic (exact) mass is 493 g/mol. The molecule has 2 aliphatic rings. The van der Waals surface area contributed by atoms with E-state index in [0.29, 0.717) is 12.8 Å². The average Bonchev–Trinajstić information content (AvgIpc) is 3.18. The molecular formula is C23H35N5O7. The van der Waals surface area contributed by atoms with Crippen LogP contribution in [0.5, 0.6) is 0 Å². The quantitative estimate of drug-likeness (QED) is 0.221. The molecule has 2 fully saturated rings. The maximum Gasteiger partial charge on any atom is 0.242 e. The first kappa shape index (κ1) is 27.9. The Balaban J connectivity index is 1.68. The highest BCUT2D eigenvalue weighted by Crippen LogP contribution is 2.19. The first-order valence-electron chi connectivity index (χ1n) is 12.0. The molecule has 2 rings (SSSR count). The molecule has 35 heavy (non-hydrogen) atoms. The number of hydrogen-bond donors (Lipinski definition) is 3. The summed E-state index contributed by atoms with van der Waals surface area (Å²) in [5.41, 5.74) is 0. The van der Waals surface area contributed by atoms with E-state index in [2.05, 4.69) is 16.0 Å². The SMILES string of the molecule is CC(=O)NC(CCC(=O)NCCCN1C(=O)C[C@@H](C)C1=O)C(=O)NCCCN1C(=O)C[C@@H](C)C1=O. The van der Waals surface area contributed by atoms with Crippen LogP contribution < -0.4 is 16.0 Å². The molecule has 7 amide bonds. The van der Waals surface area contributed by atoms with Crippen molar-refractivity contribution in [2.24, 2.45) is 11.8 Å². The lowest BCUT2D eigenvalue weighted by Crippen LogP contribution is -2.47. The lowest BCUT2D eigenvalue weighted by Gasteiger charge is -2.19. The number of carbonyl (C=O) groups excluding carboxylic acids is 7. The molecule has 0 aromatic rings. The highest BCUT2D eigenvalue weighted by molar-refractivity contribution is 6.03. The van der Waals surface area contributed by atoms with E-state index in [1.807, 2.05) is 0 Å². The Hall–Kier alpha value is -3.31. The van der Waals surface area contributed by atoms with Gasteiger partial charge in [-0.2, -0.15) is 0 Å². The molecule has 3 N–H and O–H groups in total. The van der Waals surface area contributed by atoms with Gasteiger partial charge >= 0.3 is 0 Å². The maximum absolute atomic E-state index is 12.5.